The van der Waals surface area contributed by atoms with Crippen molar-refractivity contribution in [3.63, 3.8) is 0 Å². The lowest BCUT2D eigenvalue weighted by molar-refractivity contribution is -0.116. The van der Waals surface area contributed by atoms with E-state index in [0.29, 0.717) is 23.7 Å². The molecule has 1 aromatic rings. The van der Waals surface area contributed by atoms with Crippen LogP contribution in [0.5, 0.6) is 0 Å². The largest absolute Gasteiger partial charge is 0.478 e. The van der Waals surface area contributed by atoms with E-state index in [9.17, 15) is 14.4 Å². The van der Waals surface area contributed by atoms with Crippen LogP contribution >= 0.6 is 0 Å². The number of carbonyl (C=O) groups excluding carboxylic acids is 2. The fraction of sp³-hybridized carbons (Fsp3) is 0.182. The van der Waals surface area contributed by atoms with Crippen LogP contribution in [0.25, 0.3) is 0 Å². The minimum absolute atomic E-state index is 0.112. The molecule has 0 spiro atoms. The maximum atomic E-state index is 10.8. The van der Waals surface area contributed by atoms with Crippen LogP contribution in [0.4, 0.5) is 0 Å². The fourth-order valence-corrected chi connectivity index (χ4v) is 1.42. The highest BCUT2D eigenvalue weighted by molar-refractivity contribution is 5.92. The summed E-state index contributed by atoms with van der Waals surface area (Å²) < 4.78 is 0. The predicted molar refractivity (Wildman–Crippen MR) is 53.0 cm³/mol. The van der Waals surface area contributed by atoms with Crippen LogP contribution in [-0.2, 0) is 9.59 Å². The number of aromatic carboxylic acids is 1. The topological polar surface area (TPSA) is 71.4 Å². The first-order chi connectivity index (χ1) is 7.11. The Kier molecular flexibility index (Phi) is 3.33. The van der Waals surface area contributed by atoms with Crippen LogP contribution in [0.3, 0.4) is 0 Å². The molecule has 4 heteroatoms. The summed E-state index contributed by atoms with van der Waals surface area (Å²) in [5, 5.41) is 8.84. The van der Waals surface area contributed by atoms with E-state index in [1.54, 1.807) is 13.0 Å². The minimum atomic E-state index is -1.06. The van der Waals surface area contributed by atoms with Gasteiger partial charge in [0.15, 0.2) is 0 Å². The molecule has 0 amide bonds. The van der Waals surface area contributed by atoms with Crippen molar-refractivity contribution in [1.29, 1.82) is 0 Å². The van der Waals surface area contributed by atoms with Gasteiger partial charge in [-0.15, -0.1) is 0 Å². The quantitative estimate of drug-likeness (QED) is 0.593. The Morgan fingerprint density at radius 2 is 1.93 bits per heavy atom. The summed E-state index contributed by atoms with van der Waals surface area (Å²) in [7, 11) is 0. The Bertz CT molecular complexity index is 401. The SMILES string of the molecule is Cc1c(C(=O)O)cccc1C(C=O)C=O. The van der Waals surface area contributed by atoms with Crippen molar-refractivity contribution in [2.24, 2.45) is 0 Å². The number of aldehydes is 2. The van der Waals surface area contributed by atoms with Gasteiger partial charge >= 0.3 is 5.97 Å². The third-order valence-electron chi connectivity index (χ3n) is 2.26. The first-order valence-electron chi connectivity index (χ1n) is 4.35. The molecule has 1 N–H and O–H groups in total. The molecule has 4 nitrogen and oxygen atoms in total. The second-order valence-electron chi connectivity index (χ2n) is 3.12. The van der Waals surface area contributed by atoms with E-state index in [-0.39, 0.29) is 5.56 Å². The Balaban J connectivity index is 3.31. The van der Waals surface area contributed by atoms with Crippen LogP contribution in [-0.4, -0.2) is 23.6 Å². The Hall–Kier alpha value is -1.97. The highest BCUT2D eigenvalue weighted by Gasteiger charge is 2.16. The normalized spacial score (nSPS) is 10.0. The average molecular weight is 206 g/mol. The van der Waals surface area contributed by atoms with Crippen molar-refractivity contribution in [2.75, 3.05) is 0 Å². The van der Waals surface area contributed by atoms with Crippen LogP contribution in [0, 0.1) is 6.92 Å². The summed E-state index contributed by atoms with van der Waals surface area (Å²) in [6.07, 6.45) is 1.00. The maximum Gasteiger partial charge on any atom is 0.335 e. The minimum Gasteiger partial charge on any atom is -0.478 e. The van der Waals surface area contributed by atoms with Crippen molar-refractivity contribution in [1.82, 2.24) is 0 Å². The zero-order chi connectivity index (χ0) is 11.4. The molecule has 0 aliphatic heterocycles. The van der Waals surface area contributed by atoms with Crippen LogP contribution in [0.1, 0.15) is 27.4 Å². The van der Waals surface area contributed by atoms with Gasteiger partial charge < -0.3 is 14.7 Å². The molecule has 0 radical (unpaired) electrons. The Morgan fingerprint density at radius 1 is 1.33 bits per heavy atom. The van der Waals surface area contributed by atoms with Crippen LogP contribution in [0.15, 0.2) is 18.2 Å². The summed E-state index contributed by atoms with van der Waals surface area (Å²) >= 11 is 0. The number of carboxylic acid groups (broad SMARTS) is 1. The average Bonchev–Trinajstić information content (AvgIpc) is 2.21. The molecule has 1 rings (SSSR count). The van der Waals surface area contributed by atoms with E-state index >= 15 is 0 Å². The lowest BCUT2D eigenvalue weighted by Crippen LogP contribution is -2.08. The molecular formula is C11H10O4. The Labute approximate surface area is 86.5 Å². The molecule has 0 aliphatic rings. The van der Waals surface area contributed by atoms with E-state index in [2.05, 4.69) is 0 Å². The second kappa shape index (κ2) is 4.50. The zero-order valence-electron chi connectivity index (χ0n) is 8.14. The number of hydrogen-bond donors (Lipinski definition) is 1. The zero-order valence-corrected chi connectivity index (χ0v) is 8.14. The lowest BCUT2D eigenvalue weighted by atomic mass is 9.94. The second-order valence-corrected chi connectivity index (χ2v) is 3.12. The summed E-state index contributed by atoms with van der Waals surface area (Å²) in [5.41, 5.74) is 1.01. The van der Waals surface area contributed by atoms with Gasteiger partial charge in [0.05, 0.1) is 11.5 Å². The standard InChI is InChI=1S/C11H10O4/c1-7-9(8(5-12)6-13)3-2-4-10(7)11(14)15/h2-6,8H,1H3,(H,14,15). The van der Waals surface area contributed by atoms with Gasteiger partial charge in [0, 0.05) is 0 Å². The molecule has 0 saturated carbocycles. The number of hydrogen-bond acceptors (Lipinski definition) is 3. The summed E-state index contributed by atoms with van der Waals surface area (Å²) in [5.74, 6) is -1.95. The van der Waals surface area contributed by atoms with E-state index in [1.807, 2.05) is 0 Å². The van der Waals surface area contributed by atoms with E-state index in [0.717, 1.165) is 0 Å². The van der Waals surface area contributed by atoms with Crippen molar-refractivity contribution in [3.8, 4) is 0 Å². The Morgan fingerprint density at radius 3 is 2.40 bits per heavy atom. The van der Waals surface area contributed by atoms with Crippen molar-refractivity contribution in [2.45, 2.75) is 12.8 Å². The highest BCUT2D eigenvalue weighted by atomic mass is 16.4. The van der Waals surface area contributed by atoms with Gasteiger partial charge in [0.1, 0.15) is 12.6 Å². The number of carbonyl (C=O) groups is 3. The highest BCUT2D eigenvalue weighted by Crippen LogP contribution is 2.20. The van der Waals surface area contributed by atoms with Gasteiger partial charge in [0.2, 0.25) is 0 Å². The predicted octanol–water partition coefficient (Wildman–Crippen LogP) is 1.17. The molecule has 78 valence electrons. The van der Waals surface area contributed by atoms with Gasteiger partial charge in [-0.05, 0) is 24.1 Å². The fourth-order valence-electron chi connectivity index (χ4n) is 1.42. The van der Waals surface area contributed by atoms with Gasteiger partial charge in [-0.25, -0.2) is 4.79 Å². The van der Waals surface area contributed by atoms with Gasteiger partial charge in [-0.3, -0.25) is 0 Å². The molecule has 0 aliphatic carbocycles. The first-order valence-corrected chi connectivity index (χ1v) is 4.35. The molecular weight excluding hydrogens is 196 g/mol. The summed E-state index contributed by atoms with van der Waals surface area (Å²) in [6.45, 7) is 1.58. The van der Waals surface area contributed by atoms with Crippen LogP contribution < -0.4 is 0 Å². The number of carboxylic acids is 1. The molecule has 0 fully saturated rings. The van der Waals surface area contributed by atoms with Crippen LogP contribution in [0.2, 0.25) is 0 Å². The van der Waals surface area contributed by atoms with E-state index in [4.69, 9.17) is 5.11 Å². The van der Waals surface area contributed by atoms with Crippen molar-refractivity contribution in [3.05, 3.63) is 34.9 Å². The third kappa shape index (κ3) is 2.10. The number of rotatable bonds is 4. The number of benzene rings is 1. The maximum absolute atomic E-state index is 10.8. The molecule has 0 saturated heterocycles. The van der Waals surface area contributed by atoms with E-state index < -0.39 is 11.9 Å². The van der Waals surface area contributed by atoms with Crippen molar-refractivity contribution < 1.29 is 19.5 Å². The molecule has 0 unspecified atom stereocenters. The molecule has 0 heterocycles. The van der Waals surface area contributed by atoms with Gasteiger partial charge in [-0.1, -0.05) is 12.1 Å². The smallest absolute Gasteiger partial charge is 0.335 e. The van der Waals surface area contributed by atoms with Gasteiger partial charge in [0.25, 0.3) is 0 Å². The molecule has 0 bridgehead atoms. The van der Waals surface area contributed by atoms with Crippen molar-refractivity contribution >= 4 is 18.5 Å². The lowest BCUT2D eigenvalue weighted by Gasteiger charge is -2.09. The molecule has 0 atom stereocenters. The molecule has 0 aromatic heterocycles. The molecule has 15 heavy (non-hydrogen) atoms. The summed E-state index contributed by atoms with van der Waals surface area (Å²) in [4.78, 5) is 32.0. The van der Waals surface area contributed by atoms with E-state index in [1.165, 1.54) is 12.1 Å². The van der Waals surface area contributed by atoms with Gasteiger partial charge in [-0.2, -0.15) is 0 Å². The third-order valence-corrected chi connectivity index (χ3v) is 2.26. The molecule has 1 aromatic carbocycles. The summed E-state index contributed by atoms with van der Waals surface area (Å²) in [6, 6.07) is 4.54. The first kappa shape index (κ1) is 11.1. The monoisotopic (exact) mass is 206 g/mol.